The number of hydrogen-bond donors (Lipinski definition) is 1. The molecule has 0 bridgehead atoms. The summed E-state index contributed by atoms with van der Waals surface area (Å²) in [6.07, 6.45) is -4.83. The first-order valence-electron chi connectivity index (χ1n) is 7.25. The van der Waals surface area contributed by atoms with Crippen LogP contribution in [0.15, 0.2) is 18.2 Å². The molecule has 0 radical (unpaired) electrons. The zero-order valence-corrected chi connectivity index (χ0v) is 14.4. The van der Waals surface area contributed by atoms with Crippen LogP contribution in [-0.2, 0) is 9.53 Å². The minimum absolute atomic E-state index is 0.0121. The number of nitrogens with zero attached hydrogens (tertiary/aromatic N) is 1. The molecule has 4 nitrogen and oxygen atoms in total. The minimum Gasteiger partial charge on any atom is -0.369 e. The molecule has 1 aromatic carbocycles. The van der Waals surface area contributed by atoms with Gasteiger partial charge in [0.15, 0.2) is 5.60 Å². The molecule has 1 heterocycles. The second-order valence-corrected chi connectivity index (χ2v) is 6.55. The fourth-order valence-corrected chi connectivity index (χ4v) is 3.23. The number of amides is 1. The van der Waals surface area contributed by atoms with E-state index in [1.54, 1.807) is 17.0 Å². The summed E-state index contributed by atoms with van der Waals surface area (Å²) in [4.78, 5) is 13.7. The van der Waals surface area contributed by atoms with E-state index in [2.05, 4.69) is 5.32 Å². The van der Waals surface area contributed by atoms with Gasteiger partial charge in [0.25, 0.3) is 0 Å². The Balaban J connectivity index is 1.90. The van der Waals surface area contributed by atoms with E-state index in [9.17, 15) is 18.0 Å². The molecule has 1 fully saturated rings. The first kappa shape index (κ1) is 19.3. The van der Waals surface area contributed by atoms with Gasteiger partial charge in [0, 0.05) is 35.9 Å². The van der Waals surface area contributed by atoms with E-state index in [4.69, 9.17) is 27.9 Å². The van der Waals surface area contributed by atoms with Crippen LogP contribution in [0.4, 0.5) is 18.9 Å². The fraction of sp³-hybridized carbons (Fsp3) is 0.533. The zero-order valence-electron chi connectivity index (χ0n) is 12.9. The Kier molecular flexibility index (Phi) is 6.01. The number of anilines is 1. The third-order valence-electron chi connectivity index (χ3n) is 4.08. The lowest BCUT2D eigenvalue weighted by atomic mass is 9.90. The second kappa shape index (κ2) is 7.47. The van der Waals surface area contributed by atoms with Crippen molar-refractivity contribution in [2.24, 2.45) is 0 Å². The maximum atomic E-state index is 13.1. The standard InChI is InChI=1S/C15H17Cl2F3N2O2/c1-24-14(15(18,19)20)2-4-22(5-3-14)9-13(23)21-12-7-10(16)6-11(17)8-12/h6-8H,2-5,9H2,1H3,(H,21,23). The Morgan fingerprint density at radius 3 is 2.25 bits per heavy atom. The van der Waals surface area contributed by atoms with Crippen molar-refractivity contribution in [1.29, 1.82) is 0 Å². The van der Waals surface area contributed by atoms with Crippen molar-refractivity contribution in [3.05, 3.63) is 28.2 Å². The average molecular weight is 385 g/mol. The van der Waals surface area contributed by atoms with Crippen molar-refractivity contribution in [1.82, 2.24) is 4.90 Å². The van der Waals surface area contributed by atoms with Crippen LogP contribution in [0.3, 0.4) is 0 Å². The number of rotatable bonds is 4. The van der Waals surface area contributed by atoms with Crippen LogP contribution >= 0.6 is 23.2 Å². The number of carbonyl (C=O) groups excluding carboxylic acids is 1. The summed E-state index contributed by atoms with van der Waals surface area (Å²) in [7, 11) is 1.07. The highest BCUT2D eigenvalue weighted by molar-refractivity contribution is 6.35. The van der Waals surface area contributed by atoms with Gasteiger partial charge in [-0.25, -0.2) is 0 Å². The van der Waals surface area contributed by atoms with E-state index in [1.807, 2.05) is 0 Å². The van der Waals surface area contributed by atoms with Gasteiger partial charge < -0.3 is 10.1 Å². The van der Waals surface area contributed by atoms with Gasteiger partial charge in [0.2, 0.25) is 5.91 Å². The summed E-state index contributed by atoms with van der Waals surface area (Å²) >= 11 is 11.7. The molecule has 1 amide bonds. The molecule has 9 heteroatoms. The molecule has 1 aliphatic heterocycles. The summed E-state index contributed by atoms with van der Waals surface area (Å²) in [5.41, 5.74) is -1.68. The van der Waals surface area contributed by atoms with Gasteiger partial charge in [0.05, 0.1) is 6.54 Å². The molecular formula is C15H17Cl2F3N2O2. The maximum Gasteiger partial charge on any atom is 0.417 e. The third kappa shape index (κ3) is 4.53. The molecule has 0 spiro atoms. The van der Waals surface area contributed by atoms with Crippen molar-refractivity contribution < 1.29 is 22.7 Å². The predicted molar refractivity (Wildman–Crippen MR) is 86.6 cm³/mol. The first-order valence-corrected chi connectivity index (χ1v) is 8.01. The highest BCUT2D eigenvalue weighted by atomic mass is 35.5. The number of alkyl halides is 3. The minimum atomic E-state index is -4.42. The largest absolute Gasteiger partial charge is 0.417 e. The van der Waals surface area contributed by atoms with Crippen LogP contribution in [0.1, 0.15) is 12.8 Å². The lowest BCUT2D eigenvalue weighted by Crippen LogP contribution is -2.55. The van der Waals surface area contributed by atoms with Gasteiger partial charge in [-0.15, -0.1) is 0 Å². The van der Waals surface area contributed by atoms with E-state index < -0.39 is 11.8 Å². The molecule has 0 aromatic heterocycles. The number of ether oxygens (including phenoxy) is 1. The zero-order chi connectivity index (χ0) is 18.0. The van der Waals surface area contributed by atoms with E-state index in [1.165, 1.54) is 6.07 Å². The lowest BCUT2D eigenvalue weighted by molar-refractivity contribution is -0.282. The quantitative estimate of drug-likeness (QED) is 0.853. The van der Waals surface area contributed by atoms with E-state index in [-0.39, 0.29) is 38.4 Å². The molecule has 0 saturated carbocycles. The molecule has 0 atom stereocenters. The van der Waals surface area contributed by atoms with Crippen LogP contribution in [-0.4, -0.2) is 49.3 Å². The monoisotopic (exact) mass is 384 g/mol. The van der Waals surface area contributed by atoms with E-state index in [0.717, 1.165) is 7.11 Å². The molecule has 134 valence electrons. The van der Waals surface area contributed by atoms with Crippen LogP contribution in [0.2, 0.25) is 10.0 Å². The number of halogens is 5. The summed E-state index contributed by atoms with van der Waals surface area (Å²) in [5, 5.41) is 3.39. The molecule has 1 aromatic rings. The van der Waals surface area contributed by atoms with Crippen LogP contribution in [0.25, 0.3) is 0 Å². The van der Waals surface area contributed by atoms with Crippen molar-refractivity contribution in [2.75, 3.05) is 32.1 Å². The summed E-state index contributed by atoms with van der Waals surface area (Å²) in [6, 6.07) is 4.62. The molecule has 2 rings (SSSR count). The van der Waals surface area contributed by atoms with Crippen molar-refractivity contribution in [3.8, 4) is 0 Å². The normalized spacial score (nSPS) is 18.4. The number of benzene rings is 1. The van der Waals surface area contributed by atoms with Gasteiger partial charge in [0.1, 0.15) is 0 Å². The Labute approximate surface area is 147 Å². The first-order chi connectivity index (χ1) is 11.1. The molecule has 0 unspecified atom stereocenters. The SMILES string of the molecule is COC1(C(F)(F)F)CCN(CC(=O)Nc2cc(Cl)cc(Cl)c2)CC1. The van der Waals surface area contributed by atoms with Gasteiger partial charge in [-0.05, 0) is 31.0 Å². The molecule has 1 N–H and O–H groups in total. The predicted octanol–water partition coefficient (Wildman–Crippen LogP) is 3.98. The number of hydrogen-bond acceptors (Lipinski definition) is 3. The highest BCUT2D eigenvalue weighted by Gasteiger charge is 2.56. The van der Waals surface area contributed by atoms with Gasteiger partial charge in [-0.3, -0.25) is 9.69 Å². The maximum absolute atomic E-state index is 13.1. The molecule has 1 aliphatic rings. The van der Waals surface area contributed by atoms with E-state index >= 15 is 0 Å². The fourth-order valence-electron chi connectivity index (χ4n) is 2.71. The van der Waals surface area contributed by atoms with Crippen molar-refractivity contribution in [2.45, 2.75) is 24.6 Å². The number of piperidine rings is 1. The van der Waals surface area contributed by atoms with Gasteiger partial charge in [-0.2, -0.15) is 13.2 Å². The topological polar surface area (TPSA) is 41.6 Å². The highest BCUT2D eigenvalue weighted by Crippen LogP contribution is 2.41. The van der Waals surface area contributed by atoms with E-state index in [0.29, 0.717) is 15.7 Å². The van der Waals surface area contributed by atoms with Crippen LogP contribution < -0.4 is 5.32 Å². The van der Waals surface area contributed by atoms with Crippen LogP contribution in [0.5, 0.6) is 0 Å². The van der Waals surface area contributed by atoms with Gasteiger partial charge in [-0.1, -0.05) is 23.2 Å². The Morgan fingerprint density at radius 1 is 1.25 bits per heavy atom. The Bertz CT molecular complexity index is 583. The lowest BCUT2D eigenvalue weighted by Gasteiger charge is -2.41. The molecule has 1 saturated heterocycles. The number of methoxy groups -OCH3 is 1. The molecular weight excluding hydrogens is 368 g/mol. The van der Waals surface area contributed by atoms with Crippen LogP contribution in [0, 0.1) is 0 Å². The second-order valence-electron chi connectivity index (χ2n) is 5.68. The molecule has 0 aliphatic carbocycles. The average Bonchev–Trinajstić information content (AvgIpc) is 2.45. The number of likely N-dealkylation sites (tertiary alicyclic amines) is 1. The Morgan fingerprint density at radius 2 is 1.79 bits per heavy atom. The number of nitrogens with one attached hydrogen (secondary N) is 1. The smallest absolute Gasteiger partial charge is 0.369 e. The summed E-state index contributed by atoms with van der Waals surface area (Å²) < 4.78 is 44.0. The molecule has 24 heavy (non-hydrogen) atoms. The Hall–Kier alpha value is -1.02. The summed E-state index contributed by atoms with van der Waals surface area (Å²) in [5.74, 6) is -0.342. The van der Waals surface area contributed by atoms with Crippen molar-refractivity contribution in [3.63, 3.8) is 0 Å². The number of carbonyl (C=O) groups is 1. The van der Waals surface area contributed by atoms with Gasteiger partial charge >= 0.3 is 6.18 Å². The van der Waals surface area contributed by atoms with Crippen molar-refractivity contribution >= 4 is 34.8 Å². The summed E-state index contributed by atoms with van der Waals surface area (Å²) in [6.45, 7) is 0.232. The third-order valence-corrected chi connectivity index (χ3v) is 4.52.